The molecule has 3 N–H and O–H groups in total. The van der Waals surface area contributed by atoms with Crippen molar-refractivity contribution in [3.05, 3.63) is 23.8 Å². The van der Waals surface area contributed by atoms with Crippen LogP contribution in [0.4, 0.5) is 11.4 Å². The second-order valence-electron chi connectivity index (χ2n) is 5.65. The van der Waals surface area contributed by atoms with E-state index in [0.29, 0.717) is 17.3 Å². The number of anilines is 2. The molecule has 0 unspecified atom stereocenters. The molecule has 4 nitrogen and oxygen atoms in total. The maximum absolute atomic E-state index is 12.2. The quantitative estimate of drug-likeness (QED) is 0.820. The average Bonchev–Trinajstić information content (AvgIpc) is 2.39. The zero-order valence-corrected chi connectivity index (χ0v) is 12.9. The molecule has 5 heteroatoms. The van der Waals surface area contributed by atoms with E-state index < -0.39 is 10.0 Å². The highest BCUT2D eigenvalue weighted by molar-refractivity contribution is 7.92. The van der Waals surface area contributed by atoms with Crippen molar-refractivity contribution in [1.82, 2.24) is 0 Å². The maximum Gasteiger partial charge on any atom is 0.232 e. The summed E-state index contributed by atoms with van der Waals surface area (Å²) in [6.07, 6.45) is 6.44. The van der Waals surface area contributed by atoms with Crippen molar-refractivity contribution in [1.29, 1.82) is 0 Å². The summed E-state index contributed by atoms with van der Waals surface area (Å²) in [6, 6.07) is 5.37. The molecule has 1 saturated carbocycles. The molecular weight excluding hydrogens is 272 g/mol. The minimum absolute atomic E-state index is 0.225. The van der Waals surface area contributed by atoms with Gasteiger partial charge in [-0.3, -0.25) is 4.72 Å². The van der Waals surface area contributed by atoms with Crippen molar-refractivity contribution in [2.24, 2.45) is 5.92 Å². The van der Waals surface area contributed by atoms with Crippen LogP contribution in [0.15, 0.2) is 18.2 Å². The number of hydrogen-bond acceptors (Lipinski definition) is 3. The monoisotopic (exact) mass is 296 g/mol. The molecule has 1 fully saturated rings. The molecule has 0 aromatic heterocycles. The molecule has 112 valence electrons. The molecule has 20 heavy (non-hydrogen) atoms. The summed E-state index contributed by atoms with van der Waals surface area (Å²) in [6.45, 7) is 2.03. The van der Waals surface area contributed by atoms with Crippen LogP contribution in [0.25, 0.3) is 0 Å². The number of nitrogens with one attached hydrogen (secondary N) is 1. The van der Waals surface area contributed by atoms with E-state index in [2.05, 4.69) is 4.72 Å². The molecule has 1 aliphatic carbocycles. The lowest BCUT2D eigenvalue weighted by atomic mass is 9.91. The molecule has 1 aliphatic rings. The van der Waals surface area contributed by atoms with Crippen molar-refractivity contribution in [2.45, 2.75) is 45.4 Å². The Bertz CT molecular complexity index is 549. The number of rotatable bonds is 5. The van der Waals surface area contributed by atoms with Gasteiger partial charge < -0.3 is 5.73 Å². The average molecular weight is 296 g/mol. The first-order valence-electron chi connectivity index (χ1n) is 7.39. The van der Waals surface area contributed by atoms with Gasteiger partial charge in [-0.25, -0.2) is 8.42 Å². The van der Waals surface area contributed by atoms with E-state index in [-0.39, 0.29) is 5.75 Å². The van der Waals surface area contributed by atoms with E-state index in [4.69, 9.17) is 5.73 Å². The van der Waals surface area contributed by atoms with Gasteiger partial charge >= 0.3 is 0 Å². The number of nitrogen functional groups attached to an aromatic ring is 1. The highest BCUT2D eigenvalue weighted by Crippen LogP contribution is 2.26. The summed E-state index contributed by atoms with van der Waals surface area (Å²) in [5.74, 6) is 0.524. The number of nitrogens with two attached hydrogens (primary N) is 1. The summed E-state index contributed by atoms with van der Waals surface area (Å²) in [5, 5.41) is 0. The number of benzene rings is 1. The van der Waals surface area contributed by atoms with Crippen molar-refractivity contribution >= 4 is 21.4 Å². The van der Waals surface area contributed by atoms with Crippen molar-refractivity contribution in [3.8, 4) is 0 Å². The highest BCUT2D eigenvalue weighted by Gasteiger charge is 2.21. The molecule has 0 atom stereocenters. The van der Waals surface area contributed by atoms with Gasteiger partial charge in [0.1, 0.15) is 0 Å². The van der Waals surface area contributed by atoms with Gasteiger partial charge in [0, 0.05) is 5.69 Å². The van der Waals surface area contributed by atoms with Crippen LogP contribution in [0.5, 0.6) is 0 Å². The summed E-state index contributed by atoms with van der Waals surface area (Å²) in [5.41, 5.74) is 8.15. The Labute approximate surface area is 121 Å². The number of sulfonamides is 1. The molecule has 1 aromatic carbocycles. The Morgan fingerprint density at radius 3 is 2.55 bits per heavy atom. The minimum atomic E-state index is -3.28. The number of aryl methyl sites for hydroxylation is 1. The van der Waals surface area contributed by atoms with Crippen LogP contribution in [0.2, 0.25) is 0 Å². The molecule has 0 saturated heterocycles. The Morgan fingerprint density at radius 2 is 1.95 bits per heavy atom. The lowest BCUT2D eigenvalue weighted by molar-refractivity contribution is 0.385. The topological polar surface area (TPSA) is 72.2 Å². The Kier molecular flexibility index (Phi) is 4.91. The van der Waals surface area contributed by atoms with Gasteiger partial charge in [-0.05, 0) is 42.9 Å². The standard InChI is InChI=1S/C15H24N2O2S/c1-2-13-8-9-14(10-15(13)16)17-20(18,19)11-12-6-4-3-5-7-12/h8-10,12,17H,2-7,11,16H2,1H3. The summed E-state index contributed by atoms with van der Waals surface area (Å²) in [7, 11) is -3.28. The highest BCUT2D eigenvalue weighted by atomic mass is 32.2. The third-order valence-corrected chi connectivity index (χ3v) is 5.44. The predicted octanol–water partition coefficient (Wildman–Crippen LogP) is 3.15. The van der Waals surface area contributed by atoms with Gasteiger partial charge in [0.25, 0.3) is 0 Å². The molecular formula is C15H24N2O2S. The Morgan fingerprint density at radius 1 is 1.25 bits per heavy atom. The predicted molar refractivity (Wildman–Crippen MR) is 84.2 cm³/mol. The molecule has 0 radical (unpaired) electrons. The van der Waals surface area contributed by atoms with Crippen LogP contribution < -0.4 is 10.5 Å². The van der Waals surface area contributed by atoms with Gasteiger partial charge in [-0.15, -0.1) is 0 Å². The van der Waals surface area contributed by atoms with E-state index >= 15 is 0 Å². The summed E-state index contributed by atoms with van der Waals surface area (Å²) >= 11 is 0. The molecule has 1 aromatic rings. The second-order valence-corrected chi connectivity index (χ2v) is 7.42. The fourth-order valence-corrected chi connectivity index (χ4v) is 4.39. The summed E-state index contributed by atoms with van der Waals surface area (Å²) < 4.78 is 27.0. The van der Waals surface area contributed by atoms with Crippen molar-refractivity contribution in [2.75, 3.05) is 16.2 Å². The normalized spacial score (nSPS) is 17.1. The smallest absolute Gasteiger partial charge is 0.232 e. The van der Waals surface area contributed by atoms with Crippen LogP contribution in [0.3, 0.4) is 0 Å². The van der Waals surface area contributed by atoms with Crippen molar-refractivity contribution < 1.29 is 8.42 Å². The van der Waals surface area contributed by atoms with Gasteiger partial charge in [0.05, 0.1) is 11.4 Å². The molecule has 0 spiro atoms. The third kappa shape index (κ3) is 4.13. The zero-order chi connectivity index (χ0) is 14.6. The van der Waals surface area contributed by atoms with Gasteiger partial charge in [-0.1, -0.05) is 32.3 Å². The first-order valence-corrected chi connectivity index (χ1v) is 9.04. The molecule has 0 heterocycles. The van der Waals surface area contributed by atoms with Gasteiger partial charge in [-0.2, -0.15) is 0 Å². The van der Waals surface area contributed by atoms with Crippen LogP contribution in [0, 0.1) is 5.92 Å². The molecule has 2 rings (SSSR count). The maximum atomic E-state index is 12.2. The molecule has 0 aliphatic heterocycles. The second kappa shape index (κ2) is 6.48. The van der Waals surface area contributed by atoms with E-state index in [1.807, 2.05) is 13.0 Å². The fraction of sp³-hybridized carbons (Fsp3) is 0.600. The Balaban J connectivity index is 2.02. The van der Waals surface area contributed by atoms with E-state index in [1.165, 1.54) is 6.42 Å². The van der Waals surface area contributed by atoms with Crippen LogP contribution >= 0.6 is 0 Å². The SMILES string of the molecule is CCc1ccc(NS(=O)(=O)CC2CCCCC2)cc1N. The Hall–Kier alpha value is -1.23. The minimum Gasteiger partial charge on any atom is -0.398 e. The molecule has 0 amide bonds. The van der Waals surface area contributed by atoms with Crippen LogP contribution in [-0.4, -0.2) is 14.2 Å². The van der Waals surface area contributed by atoms with Crippen molar-refractivity contribution in [3.63, 3.8) is 0 Å². The van der Waals surface area contributed by atoms with Crippen LogP contribution in [-0.2, 0) is 16.4 Å². The van der Waals surface area contributed by atoms with E-state index in [9.17, 15) is 8.42 Å². The van der Waals surface area contributed by atoms with E-state index in [0.717, 1.165) is 37.7 Å². The lowest BCUT2D eigenvalue weighted by Gasteiger charge is -2.21. The van der Waals surface area contributed by atoms with Gasteiger partial charge in [0.15, 0.2) is 0 Å². The lowest BCUT2D eigenvalue weighted by Crippen LogP contribution is -2.24. The number of hydrogen-bond donors (Lipinski definition) is 2. The van der Waals surface area contributed by atoms with E-state index in [1.54, 1.807) is 12.1 Å². The van der Waals surface area contributed by atoms with Gasteiger partial charge in [0.2, 0.25) is 10.0 Å². The fourth-order valence-electron chi connectivity index (χ4n) is 2.87. The largest absolute Gasteiger partial charge is 0.398 e. The summed E-state index contributed by atoms with van der Waals surface area (Å²) in [4.78, 5) is 0. The first-order chi connectivity index (χ1) is 9.50. The molecule has 0 bridgehead atoms. The first kappa shape index (κ1) is 15.2. The zero-order valence-electron chi connectivity index (χ0n) is 12.1. The van der Waals surface area contributed by atoms with Crippen LogP contribution in [0.1, 0.15) is 44.6 Å². The third-order valence-electron chi connectivity index (χ3n) is 3.98.